The lowest BCUT2D eigenvalue weighted by molar-refractivity contribution is -0.133. The highest BCUT2D eigenvalue weighted by molar-refractivity contribution is 14.0. The zero-order valence-electron chi connectivity index (χ0n) is 19.2. The van der Waals surface area contributed by atoms with Gasteiger partial charge in [0.1, 0.15) is 0 Å². The van der Waals surface area contributed by atoms with E-state index in [4.69, 9.17) is 16.6 Å². The van der Waals surface area contributed by atoms with Crippen molar-refractivity contribution in [3.8, 4) is 0 Å². The molecule has 174 valence electrons. The summed E-state index contributed by atoms with van der Waals surface area (Å²) >= 11 is 6.21. The third-order valence-electron chi connectivity index (χ3n) is 5.98. The summed E-state index contributed by atoms with van der Waals surface area (Å²) in [7, 11) is 0. The van der Waals surface area contributed by atoms with Crippen LogP contribution >= 0.6 is 35.6 Å². The maximum absolute atomic E-state index is 12.2. The Morgan fingerprint density at radius 1 is 1.26 bits per heavy atom. The molecule has 2 aliphatic heterocycles. The number of benzene rings is 1. The highest BCUT2D eigenvalue weighted by atomic mass is 127. The molecule has 0 bridgehead atoms. The van der Waals surface area contributed by atoms with Gasteiger partial charge in [-0.2, -0.15) is 0 Å². The van der Waals surface area contributed by atoms with Crippen LogP contribution in [0.4, 0.5) is 5.69 Å². The fourth-order valence-corrected chi connectivity index (χ4v) is 4.47. The second kappa shape index (κ2) is 12.1. The number of hydrogen-bond acceptors (Lipinski definition) is 3. The van der Waals surface area contributed by atoms with E-state index in [0.29, 0.717) is 5.92 Å². The van der Waals surface area contributed by atoms with Crippen molar-refractivity contribution in [3.63, 3.8) is 0 Å². The van der Waals surface area contributed by atoms with E-state index in [9.17, 15) is 4.79 Å². The molecule has 1 aromatic rings. The van der Waals surface area contributed by atoms with Gasteiger partial charge in [0.15, 0.2) is 5.96 Å². The molecule has 3 rings (SSSR count). The molecule has 2 aliphatic rings. The summed E-state index contributed by atoms with van der Waals surface area (Å²) in [5.41, 5.74) is 2.50. The second-order valence-corrected chi connectivity index (χ2v) is 9.26. The number of halogens is 2. The molecule has 2 fully saturated rings. The van der Waals surface area contributed by atoms with E-state index < -0.39 is 0 Å². The van der Waals surface area contributed by atoms with Crippen LogP contribution in [0.3, 0.4) is 0 Å². The van der Waals surface area contributed by atoms with Crippen LogP contribution in [0, 0.1) is 18.8 Å². The summed E-state index contributed by atoms with van der Waals surface area (Å²) < 4.78 is 0. The number of carbonyl (C=O) groups excluding carboxylic acids is 1. The molecular weight excluding hydrogens is 525 g/mol. The van der Waals surface area contributed by atoms with Crippen LogP contribution in [0.25, 0.3) is 0 Å². The molecule has 6 nitrogen and oxygen atoms in total. The van der Waals surface area contributed by atoms with E-state index >= 15 is 0 Å². The molecular formula is C23H37ClIN5O. The first kappa shape index (κ1) is 26.0. The van der Waals surface area contributed by atoms with E-state index in [1.807, 2.05) is 24.8 Å². The van der Waals surface area contributed by atoms with Gasteiger partial charge in [-0.15, -0.1) is 24.0 Å². The predicted molar refractivity (Wildman–Crippen MR) is 141 cm³/mol. The minimum absolute atomic E-state index is 0. The number of carbonyl (C=O) groups is 1. The number of amides is 1. The summed E-state index contributed by atoms with van der Waals surface area (Å²) in [6, 6.07) is 6.37. The van der Waals surface area contributed by atoms with Crippen molar-refractivity contribution in [2.24, 2.45) is 16.8 Å². The van der Waals surface area contributed by atoms with E-state index in [0.717, 1.165) is 63.1 Å². The van der Waals surface area contributed by atoms with Gasteiger partial charge in [0, 0.05) is 61.9 Å². The van der Waals surface area contributed by atoms with Crippen molar-refractivity contribution in [1.29, 1.82) is 0 Å². The average molecular weight is 562 g/mol. The third kappa shape index (κ3) is 7.14. The summed E-state index contributed by atoms with van der Waals surface area (Å²) in [6.07, 6.45) is 2.10. The van der Waals surface area contributed by atoms with Gasteiger partial charge >= 0.3 is 0 Å². The van der Waals surface area contributed by atoms with Gasteiger partial charge in [-0.3, -0.25) is 9.79 Å². The molecule has 2 N–H and O–H groups in total. The van der Waals surface area contributed by atoms with Crippen LogP contribution < -0.4 is 15.5 Å². The van der Waals surface area contributed by atoms with Gasteiger partial charge in [0.2, 0.25) is 5.91 Å². The highest BCUT2D eigenvalue weighted by Crippen LogP contribution is 2.29. The SMILES string of the molecule is CCNC(=NCC1CCN(c2cc(Cl)ccc2C)C1)NC1CCN(C(=O)C(C)C)C1.I. The smallest absolute Gasteiger partial charge is 0.225 e. The van der Waals surface area contributed by atoms with Crippen LogP contribution in [0.5, 0.6) is 0 Å². The monoisotopic (exact) mass is 561 g/mol. The Labute approximate surface area is 209 Å². The van der Waals surface area contributed by atoms with Crippen LogP contribution in [-0.2, 0) is 4.79 Å². The summed E-state index contributed by atoms with van der Waals surface area (Å²) in [6.45, 7) is 13.4. The van der Waals surface area contributed by atoms with Crippen molar-refractivity contribution in [1.82, 2.24) is 15.5 Å². The Balaban J connectivity index is 0.00000341. The van der Waals surface area contributed by atoms with Crippen molar-refractivity contribution >= 4 is 53.1 Å². The van der Waals surface area contributed by atoms with Crippen LogP contribution in [0.15, 0.2) is 23.2 Å². The molecule has 0 aromatic heterocycles. The molecule has 0 aliphatic carbocycles. The zero-order chi connectivity index (χ0) is 21.7. The quantitative estimate of drug-likeness (QED) is 0.314. The molecule has 1 aromatic carbocycles. The number of aliphatic imine (C=N–C) groups is 1. The number of anilines is 1. The van der Waals surface area contributed by atoms with Gasteiger partial charge in [0.05, 0.1) is 0 Å². The van der Waals surface area contributed by atoms with Gasteiger partial charge in [0.25, 0.3) is 0 Å². The molecule has 0 radical (unpaired) electrons. The molecule has 1 amide bonds. The van der Waals surface area contributed by atoms with E-state index in [1.165, 1.54) is 11.3 Å². The number of rotatable bonds is 6. The normalized spacial score (nSPS) is 21.4. The fourth-order valence-electron chi connectivity index (χ4n) is 4.30. The Bertz CT molecular complexity index is 772. The second-order valence-electron chi connectivity index (χ2n) is 8.82. The van der Waals surface area contributed by atoms with E-state index in [2.05, 4.69) is 41.5 Å². The van der Waals surface area contributed by atoms with Crippen molar-refractivity contribution in [2.75, 3.05) is 44.2 Å². The number of nitrogens with zero attached hydrogens (tertiary/aromatic N) is 3. The number of likely N-dealkylation sites (tertiary alicyclic amines) is 1. The Kier molecular flexibility index (Phi) is 10.2. The summed E-state index contributed by atoms with van der Waals surface area (Å²) in [5, 5.41) is 7.69. The standard InChI is InChI=1S/C23H36ClN5O.HI/c1-5-25-23(27-20-9-11-29(15-20)22(30)16(2)3)26-13-18-8-10-28(14-18)21-12-19(24)7-6-17(21)4;/h6-7,12,16,18,20H,5,8-11,13-15H2,1-4H3,(H2,25,26,27);1H. The topological polar surface area (TPSA) is 60.0 Å². The molecule has 8 heteroatoms. The molecule has 2 saturated heterocycles. The van der Waals surface area contributed by atoms with Gasteiger partial charge < -0.3 is 20.4 Å². The van der Waals surface area contributed by atoms with Crippen LogP contribution in [0.1, 0.15) is 39.2 Å². The molecule has 2 heterocycles. The summed E-state index contributed by atoms with van der Waals surface area (Å²) in [5.74, 6) is 1.68. The third-order valence-corrected chi connectivity index (χ3v) is 6.22. The van der Waals surface area contributed by atoms with Gasteiger partial charge in [-0.05, 0) is 50.3 Å². The first-order valence-electron chi connectivity index (χ1n) is 11.2. The highest BCUT2D eigenvalue weighted by Gasteiger charge is 2.28. The number of nitrogens with one attached hydrogen (secondary N) is 2. The number of hydrogen-bond donors (Lipinski definition) is 2. The lowest BCUT2D eigenvalue weighted by atomic mass is 10.1. The Hall–Kier alpha value is -1.22. The minimum atomic E-state index is 0. The largest absolute Gasteiger partial charge is 0.371 e. The minimum Gasteiger partial charge on any atom is -0.371 e. The van der Waals surface area contributed by atoms with Crippen molar-refractivity contribution in [3.05, 3.63) is 28.8 Å². The van der Waals surface area contributed by atoms with Crippen molar-refractivity contribution < 1.29 is 4.79 Å². The van der Waals surface area contributed by atoms with E-state index in [1.54, 1.807) is 0 Å². The zero-order valence-corrected chi connectivity index (χ0v) is 22.2. The Morgan fingerprint density at radius 2 is 2.03 bits per heavy atom. The average Bonchev–Trinajstić information content (AvgIpc) is 3.37. The van der Waals surface area contributed by atoms with Crippen molar-refractivity contribution in [2.45, 2.75) is 46.6 Å². The Morgan fingerprint density at radius 3 is 2.74 bits per heavy atom. The lowest BCUT2D eigenvalue weighted by Gasteiger charge is -2.21. The summed E-state index contributed by atoms with van der Waals surface area (Å²) in [4.78, 5) is 21.5. The first-order valence-corrected chi connectivity index (χ1v) is 11.6. The molecule has 2 atom stereocenters. The number of aryl methyl sites for hydroxylation is 1. The maximum atomic E-state index is 12.2. The van der Waals surface area contributed by atoms with E-state index in [-0.39, 0.29) is 41.8 Å². The van der Waals surface area contributed by atoms with Crippen LogP contribution in [-0.4, -0.2) is 62.1 Å². The van der Waals surface area contributed by atoms with Crippen LogP contribution in [0.2, 0.25) is 5.02 Å². The predicted octanol–water partition coefficient (Wildman–Crippen LogP) is 3.90. The molecule has 31 heavy (non-hydrogen) atoms. The maximum Gasteiger partial charge on any atom is 0.225 e. The molecule has 0 spiro atoms. The molecule has 2 unspecified atom stereocenters. The lowest BCUT2D eigenvalue weighted by Crippen LogP contribution is -2.45. The van der Waals surface area contributed by atoms with Gasteiger partial charge in [-0.25, -0.2) is 0 Å². The van der Waals surface area contributed by atoms with Gasteiger partial charge in [-0.1, -0.05) is 31.5 Å². The first-order chi connectivity index (χ1) is 14.4. The number of guanidine groups is 1. The molecule has 0 saturated carbocycles. The fraction of sp³-hybridized carbons (Fsp3) is 0.652.